The maximum atomic E-state index is 11.8. The molecule has 0 saturated heterocycles. The van der Waals surface area contributed by atoms with Crippen LogP contribution >= 0.6 is 0 Å². The van der Waals surface area contributed by atoms with Crippen molar-refractivity contribution in [3.63, 3.8) is 0 Å². The second-order valence-corrected chi connectivity index (χ2v) is 5.70. The van der Waals surface area contributed by atoms with Gasteiger partial charge in [-0.25, -0.2) is 5.43 Å². The van der Waals surface area contributed by atoms with Crippen LogP contribution in [0.25, 0.3) is 0 Å². The molecule has 142 valence electrons. The normalized spacial score (nSPS) is 10.6. The number of hydrogen-bond donors (Lipinski definition) is 2. The van der Waals surface area contributed by atoms with E-state index in [1.54, 1.807) is 6.07 Å². The lowest BCUT2D eigenvalue weighted by atomic mass is 10.1. The lowest BCUT2D eigenvalue weighted by molar-refractivity contribution is -0.386. The molecule has 0 spiro atoms. The van der Waals surface area contributed by atoms with E-state index in [-0.39, 0.29) is 17.9 Å². The van der Waals surface area contributed by atoms with Crippen molar-refractivity contribution in [2.24, 2.45) is 5.10 Å². The Morgan fingerprint density at radius 2 is 2.04 bits per heavy atom. The van der Waals surface area contributed by atoms with Crippen LogP contribution in [0.1, 0.15) is 16.7 Å². The molecular weight excluding hydrogens is 354 g/mol. The van der Waals surface area contributed by atoms with Gasteiger partial charge in [-0.3, -0.25) is 14.9 Å². The molecule has 0 bridgehead atoms. The molecule has 9 nitrogen and oxygen atoms in total. The number of methoxy groups -OCH3 is 1. The monoisotopic (exact) mass is 373 g/mol. The molecule has 0 aliphatic carbocycles. The van der Waals surface area contributed by atoms with Crippen molar-refractivity contribution in [2.75, 3.05) is 13.7 Å². The fourth-order valence-electron chi connectivity index (χ4n) is 2.30. The highest BCUT2D eigenvalue weighted by Crippen LogP contribution is 2.36. The third-order valence-electron chi connectivity index (χ3n) is 3.59. The minimum absolute atomic E-state index is 0.0739. The van der Waals surface area contributed by atoms with Crippen LogP contribution in [-0.2, 0) is 4.79 Å². The summed E-state index contributed by atoms with van der Waals surface area (Å²) in [7, 11) is 1.27. The topological polar surface area (TPSA) is 123 Å². The summed E-state index contributed by atoms with van der Waals surface area (Å²) in [4.78, 5) is 22.0. The first-order valence-electron chi connectivity index (χ1n) is 7.89. The molecule has 0 radical (unpaired) electrons. The first kappa shape index (κ1) is 19.7. The number of nitro benzene ring substituents is 1. The molecule has 2 aromatic rings. The van der Waals surface area contributed by atoms with Gasteiger partial charge in [-0.05, 0) is 31.5 Å². The number of nitrogens with one attached hydrogen (secondary N) is 1. The van der Waals surface area contributed by atoms with Crippen LogP contribution < -0.4 is 14.9 Å². The number of aromatic hydroxyl groups is 1. The van der Waals surface area contributed by atoms with Crippen LogP contribution in [0.15, 0.2) is 35.4 Å². The molecule has 0 aromatic heterocycles. The molecule has 2 N–H and O–H groups in total. The maximum Gasteiger partial charge on any atom is 0.315 e. The maximum absolute atomic E-state index is 11.8. The van der Waals surface area contributed by atoms with E-state index < -0.39 is 22.3 Å². The second kappa shape index (κ2) is 8.65. The van der Waals surface area contributed by atoms with Crippen molar-refractivity contribution < 1.29 is 24.3 Å². The standard InChI is InChI=1S/C18H19N3O6/c1-11-4-5-15(12(2)6-11)27-10-17(22)20-19-9-13-7-14(21(24)25)18(23)16(8-13)26-3/h4-9,23H,10H2,1-3H3,(H,20,22). The third-order valence-corrected chi connectivity index (χ3v) is 3.59. The van der Waals surface area contributed by atoms with Crippen LogP contribution in [0.2, 0.25) is 0 Å². The predicted molar refractivity (Wildman–Crippen MR) is 98.5 cm³/mol. The summed E-state index contributed by atoms with van der Waals surface area (Å²) in [5.74, 6) is -0.550. The minimum atomic E-state index is -0.745. The Kier molecular flexibility index (Phi) is 6.32. The van der Waals surface area contributed by atoms with Gasteiger partial charge < -0.3 is 14.6 Å². The summed E-state index contributed by atoms with van der Waals surface area (Å²) >= 11 is 0. The summed E-state index contributed by atoms with van der Waals surface area (Å²) < 4.78 is 10.3. The van der Waals surface area contributed by atoms with Gasteiger partial charge >= 0.3 is 5.69 Å². The zero-order valence-corrected chi connectivity index (χ0v) is 15.1. The zero-order valence-electron chi connectivity index (χ0n) is 15.1. The van der Waals surface area contributed by atoms with E-state index >= 15 is 0 Å². The number of phenols is 1. The molecule has 0 fully saturated rings. The van der Waals surface area contributed by atoms with E-state index in [0.717, 1.165) is 17.2 Å². The smallest absolute Gasteiger partial charge is 0.315 e. The van der Waals surface area contributed by atoms with E-state index in [1.165, 1.54) is 19.4 Å². The molecular formula is C18H19N3O6. The predicted octanol–water partition coefficient (Wildman–Crippen LogP) is 2.45. The molecule has 27 heavy (non-hydrogen) atoms. The molecule has 9 heteroatoms. The number of carbonyl (C=O) groups excluding carboxylic acids is 1. The molecule has 2 aromatic carbocycles. The van der Waals surface area contributed by atoms with Gasteiger partial charge in [-0.15, -0.1) is 0 Å². The highest BCUT2D eigenvalue weighted by atomic mass is 16.6. The summed E-state index contributed by atoms with van der Waals surface area (Å²) in [5.41, 5.74) is 4.01. The van der Waals surface area contributed by atoms with Crippen LogP contribution in [0.4, 0.5) is 5.69 Å². The largest absolute Gasteiger partial charge is 0.500 e. The van der Waals surface area contributed by atoms with Crippen LogP contribution in [-0.4, -0.2) is 35.9 Å². The number of ether oxygens (including phenoxy) is 2. The Bertz CT molecular complexity index is 895. The number of aryl methyl sites for hydroxylation is 2. The first-order chi connectivity index (χ1) is 12.8. The fraction of sp³-hybridized carbons (Fsp3) is 0.222. The van der Waals surface area contributed by atoms with Gasteiger partial charge in [0, 0.05) is 11.6 Å². The quantitative estimate of drug-likeness (QED) is 0.436. The van der Waals surface area contributed by atoms with Crippen LogP contribution in [0.5, 0.6) is 17.2 Å². The lowest BCUT2D eigenvalue weighted by Gasteiger charge is -2.08. The second-order valence-electron chi connectivity index (χ2n) is 5.70. The van der Waals surface area contributed by atoms with Crippen LogP contribution in [0, 0.1) is 24.0 Å². The van der Waals surface area contributed by atoms with Crippen molar-refractivity contribution in [1.29, 1.82) is 0 Å². The molecule has 2 rings (SSSR count). The first-order valence-corrected chi connectivity index (χ1v) is 7.89. The molecule has 0 saturated carbocycles. The summed E-state index contributed by atoms with van der Waals surface area (Å²) in [6, 6.07) is 8.06. The third kappa shape index (κ3) is 5.18. The number of hydrazone groups is 1. The van der Waals surface area contributed by atoms with Crippen molar-refractivity contribution in [1.82, 2.24) is 5.43 Å². The molecule has 0 aliphatic rings. The number of phenolic OH excluding ortho intramolecular Hbond substituents is 1. The Morgan fingerprint density at radius 3 is 2.67 bits per heavy atom. The van der Waals surface area contributed by atoms with Gasteiger partial charge in [0.05, 0.1) is 18.2 Å². The van der Waals surface area contributed by atoms with E-state index in [9.17, 15) is 20.0 Å². The average molecular weight is 373 g/mol. The van der Waals surface area contributed by atoms with Gasteiger partial charge in [0.2, 0.25) is 5.75 Å². The number of rotatable bonds is 7. The van der Waals surface area contributed by atoms with Crippen molar-refractivity contribution >= 4 is 17.8 Å². The Labute approximate surface area is 155 Å². The number of benzene rings is 2. The molecule has 0 unspecified atom stereocenters. The molecule has 0 aliphatic heterocycles. The summed E-state index contributed by atoms with van der Waals surface area (Å²) in [6.07, 6.45) is 1.20. The van der Waals surface area contributed by atoms with Crippen LogP contribution in [0.3, 0.4) is 0 Å². The summed E-state index contributed by atoms with van der Waals surface area (Å²) in [6.45, 7) is 3.60. The zero-order chi connectivity index (χ0) is 20.0. The van der Waals surface area contributed by atoms with Crippen molar-refractivity contribution in [2.45, 2.75) is 13.8 Å². The highest BCUT2D eigenvalue weighted by Gasteiger charge is 2.19. The molecule has 0 heterocycles. The Morgan fingerprint density at radius 1 is 1.30 bits per heavy atom. The highest BCUT2D eigenvalue weighted by molar-refractivity contribution is 5.85. The Balaban J connectivity index is 1.99. The van der Waals surface area contributed by atoms with E-state index in [0.29, 0.717) is 5.75 Å². The van der Waals surface area contributed by atoms with Crippen molar-refractivity contribution in [3.8, 4) is 17.2 Å². The van der Waals surface area contributed by atoms with Crippen molar-refractivity contribution in [3.05, 3.63) is 57.1 Å². The van der Waals surface area contributed by atoms with Gasteiger partial charge in [0.25, 0.3) is 5.91 Å². The van der Waals surface area contributed by atoms with Gasteiger partial charge in [0.15, 0.2) is 12.4 Å². The van der Waals surface area contributed by atoms with E-state index in [2.05, 4.69) is 10.5 Å². The average Bonchev–Trinajstić information content (AvgIpc) is 2.61. The van der Waals surface area contributed by atoms with E-state index in [4.69, 9.17) is 9.47 Å². The number of carbonyl (C=O) groups is 1. The lowest BCUT2D eigenvalue weighted by Crippen LogP contribution is -2.24. The SMILES string of the molecule is COc1cc(C=NNC(=O)COc2ccc(C)cc2C)cc([N+](=O)[O-])c1O. The molecule has 1 amide bonds. The van der Waals surface area contributed by atoms with Gasteiger partial charge in [0.1, 0.15) is 5.75 Å². The minimum Gasteiger partial charge on any atom is -0.500 e. The summed E-state index contributed by atoms with van der Waals surface area (Å²) in [5, 5.41) is 24.4. The fourth-order valence-corrected chi connectivity index (χ4v) is 2.30. The van der Waals surface area contributed by atoms with E-state index in [1.807, 2.05) is 26.0 Å². The van der Waals surface area contributed by atoms with Gasteiger partial charge in [-0.2, -0.15) is 5.10 Å². The number of nitro groups is 1. The number of amides is 1. The number of nitrogens with zero attached hydrogens (tertiary/aromatic N) is 2. The molecule has 0 atom stereocenters. The van der Waals surface area contributed by atoms with Gasteiger partial charge in [-0.1, -0.05) is 17.7 Å². The number of hydrogen-bond acceptors (Lipinski definition) is 7. The Hall–Kier alpha value is -3.62.